The molecule has 1 aliphatic heterocycles. The van der Waals surface area contributed by atoms with Gasteiger partial charge in [0.05, 0.1) is 12.5 Å². The first-order chi connectivity index (χ1) is 11.7. The molecule has 1 heterocycles. The van der Waals surface area contributed by atoms with Gasteiger partial charge in [-0.1, -0.05) is 18.2 Å². The zero-order valence-electron chi connectivity index (χ0n) is 14.5. The van der Waals surface area contributed by atoms with Crippen LogP contribution in [0.5, 0.6) is 5.75 Å². The topological polar surface area (TPSA) is 70.7 Å². The second kappa shape index (κ2) is 9.15. The van der Waals surface area contributed by atoms with E-state index in [-0.39, 0.29) is 17.9 Å². The van der Waals surface area contributed by atoms with Gasteiger partial charge in [-0.15, -0.1) is 0 Å². The van der Waals surface area contributed by atoms with Crippen molar-refractivity contribution in [1.29, 1.82) is 0 Å². The van der Waals surface area contributed by atoms with Gasteiger partial charge in [-0.3, -0.25) is 4.79 Å². The molecule has 24 heavy (non-hydrogen) atoms. The Kier molecular flexibility index (Phi) is 6.90. The van der Waals surface area contributed by atoms with Gasteiger partial charge in [0.1, 0.15) is 5.75 Å². The van der Waals surface area contributed by atoms with Crippen LogP contribution in [-0.4, -0.2) is 43.1 Å². The van der Waals surface area contributed by atoms with Gasteiger partial charge < -0.3 is 20.3 Å². The highest BCUT2D eigenvalue weighted by atomic mass is 16.5. The lowest BCUT2D eigenvalue weighted by atomic mass is 9.97. The van der Waals surface area contributed by atoms with Gasteiger partial charge >= 0.3 is 6.03 Å². The van der Waals surface area contributed by atoms with Crippen molar-refractivity contribution in [1.82, 2.24) is 15.5 Å². The van der Waals surface area contributed by atoms with Crippen molar-refractivity contribution in [3.05, 3.63) is 29.8 Å². The average Bonchev–Trinajstić information content (AvgIpc) is 2.61. The molecule has 0 radical (unpaired) electrons. The quantitative estimate of drug-likeness (QED) is 0.838. The molecule has 1 aliphatic rings. The Morgan fingerprint density at radius 2 is 2.04 bits per heavy atom. The lowest BCUT2D eigenvalue weighted by molar-refractivity contribution is -0.126. The Morgan fingerprint density at radius 1 is 1.25 bits per heavy atom. The lowest BCUT2D eigenvalue weighted by Gasteiger charge is -2.32. The minimum Gasteiger partial charge on any atom is -0.494 e. The van der Waals surface area contributed by atoms with E-state index in [4.69, 9.17) is 4.74 Å². The molecule has 2 N–H and O–H groups in total. The van der Waals surface area contributed by atoms with Crippen molar-refractivity contribution in [2.24, 2.45) is 5.92 Å². The first-order valence-electron chi connectivity index (χ1n) is 8.66. The number of rotatable bonds is 6. The number of nitrogens with zero attached hydrogens (tertiary/aromatic N) is 1. The van der Waals surface area contributed by atoms with Crippen LogP contribution in [0, 0.1) is 5.92 Å². The van der Waals surface area contributed by atoms with Crippen LogP contribution in [0.2, 0.25) is 0 Å². The molecule has 3 amide bonds. The van der Waals surface area contributed by atoms with Crippen LogP contribution >= 0.6 is 0 Å². The van der Waals surface area contributed by atoms with Crippen molar-refractivity contribution < 1.29 is 14.3 Å². The first-order valence-corrected chi connectivity index (χ1v) is 8.66. The zero-order chi connectivity index (χ0) is 17.4. The predicted molar refractivity (Wildman–Crippen MR) is 92.8 cm³/mol. The van der Waals surface area contributed by atoms with Crippen LogP contribution in [0.3, 0.4) is 0 Å². The summed E-state index contributed by atoms with van der Waals surface area (Å²) >= 11 is 0. The summed E-state index contributed by atoms with van der Waals surface area (Å²) in [6, 6.07) is 7.56. The minimum atomic E-state index is -0.129. The van der Waals surface area contributed by atoms with E-state index in [1.807, 2.05) is 38.1 Å². The van der Waals surface area contributed by atoms with E-state index in [9.17, 15) is 9.59 Å². The molecule has 0 aromatic heterocycles. The summed E-state index contributed by atoms with van der Waals surface area (Å²) in [5, 5.41) is 5.77. The number of para-hydroxylation sites is 1. The van der Waals surface area contributed by atoms with Crippen LogP contribution in [0.1, 0.15) is 32.3 Å². The average molecular weight is 333 g/mol. The van der Waals surface area contributed by atoms with Crippen LogP contribution in [0.15, 0.2) is 24.3 Å². The largest absolute Gasteiger partial charge is 0.494 e. The molecule has 132 valence electrons. The van der Waals surface area contributed by atoms with E-state index in [1.54, 1.807) is 4.90 Å². The summed E-state index contributed by atoms with van der Waals surface area (Å²) in [5.41, 5.74) is 0.949. The number of likely N-dealkylation sites (tertiary alicyclic amines) is 1. The molecule has 1 aromatic rings. The van der Waals surface area contributed by atoms with Crippen molar-refractivity contribution in [3.63, 3.8) is 0 Å². The first kappa shape index (κ1) is 18.1. The molecule has 0 spiro atoms. The van der Waals surface area contributed by atoms with E-state index in [1.165, 1.54) is 0 Å². The number of carbonyl (C=O) groups excluding carboxylic acids is 2. The smallest absolute Gasteiger partial charge is 0.317 e. The molecule has 0 bridgehead atoms. The molecule has 1 fully saturated rings. The van der Waals surface area contributed by atoms with Crippen LogP contribution in [-0.2, 0) is 11.3 Å². The molecule has 6 heteroatoms. The molecule has 0 aliphatic carbocycles. The number of ether oxygens (including phenoxy) is 1. The normalized spacial score (nSPS) is 17.2. The number of carbonyl (C=O) groups is 2. The Labute approximate surface area is 143 Å². The summed E-state index contributed by atoms with van der Waals surface area (Å²) in [6.45, 7) is 6.63. The summed E-state index contributed by atoms with van der Waals surface area (Å²) in [4.78, 5) is 26.1. The zero-order valence-corrected chi connectivity index (χ0v) is 14.5. The fourth-order valence-corrected chi connectivity index (χ4v) is 2.92. The monoisotopic (exact) mass is 333 g/mol. The summed E-state index contributed by atoms with van der Waals surface area (Å²) in [6.07, 6.45) is 1.69. The summed E-state index contributed by atoms with van der Waals surface area (Å²) < 4.78 is 5.57. The summed E-state index contributed by atoms with van der Waals surface area (Å²) in [5.74, 6) is 0.719. The minimum absolute atomic E-state index is 0.0386. The summed E-state index contributed by atoms with van der Waals surface area (Å²) in [7, 11) is 0. The van der Waals surface area contributed by atoms with Crippen molar-refractivity contribution in [3.8, 4) is 5.75 Å². The number of piperidine rings is 1. The predicted octanol–water partition coefficient (Wildman–Crippen LogP) is 2.14. The van der Waals surface area contributed by atoms with Crippen LogP contribution < -0.4 is 15.4 Å². The Hall–Kier alpha value is -2.24. The number of amides is 3. The number of urea groups is 1. The van der Waals surface area contributed by atoms with Gasteiger partial charge in [0.15, 0.2) is 0 Å². The van der Waals surface area contributed by atoms with Crippen molar-refractivity contribution in [2.75, 3.05) is 26.2 Å². The fraction of sp³-hybridized carbons (Fsp3) is 0.556. The molecule has 1 aromatic carbocycles. The van der Waals surface area contributed by atoms with Gasteiger partial charge in [-0.25, -0.2) is 4.79 Å². The fourth-order valence-electron chi connectivity index (χ4n) is 2.92. The van der Waals surface area contributed by atoms with Gasteiger partial charge in [0, 0.05) is 31.7 Å². The molecular formula is C18H27N3O3. The maximum Gasteiger partial charge on any atom is 0.317 e. The SMILES string of the molecule is CCNC(=O)[C@@H]1CCCN(C(=O)NCc2ccccc2OCC)C1. The Morgan fingerprint density at radius 3 is 2.79 bits per heavy atom. The number of nitrogens with one attached hydrogen (secondary N) is 2. The second-order valence-corrected chi connectivity index (χ2v) is 5.88. The molecule has 1 atom stereocenters. The maximum atomic E-state index is 12.4. The standard InChI is InChI=1S/C18H27N3O3/c1-3-19-17(22)15-9-7-11-21(13-15)18(23)20-12-14-8-5-6-10-16(14)24-4-2/h5-6,8,10,15H,3-4,7,9,11-13H2,1-2H3,(H,19,22)(H,20,23)/t15-/m1/s1. The van der Waals surface area contributed by atoms with E-state index < -0.39 is 0 Å². The van der Waals surface area contributed by atoms with E-state index in [0.29, 0.717) is 32.8 Å². The Balaban J connectivity index is 1.89. The number of benzene rings is 1. The number of hydrogen-bond acceptors (Lipinski definition) is 3. The third-order valence-corrected chi connectivity index (χ3v) is 4.13. The highest BCUT2D eigenvalue weighted by Crippen LogP contribution is 2.19. The van der Waals surface area contributed by atoms with Gasteiger partial charge in [-0.2, -0.15) is 0 Å². The molecule has 0 saturated carbocycles. The second-order valence-electron chi connectivity index (χ2n) is 5.88. The number of hydrogen-bond donors (Lipinski definition) is 2. The van der Waals surface area contributed by atoms with Gasteiger partial charge in [0.25, 0.3) is 0 Å². The van der Waals surface area contributed by atoms with Crippen LogP contribution in [0.25, 0.3) is 0 Å². The van der Waals surface area contributed by atoms with E-state index >= 15 is 0 Å². The highest BCUT2D eigenvalue weighted by Gasteiger charge is 2.28. The molecule has 0 unspecified atom stereocenters. The Bertz CT molecular complexity index is 562. The van der Waals surface area contributed by atoms with Crippen molar-refractivity contribution >= 4 is 11.9 Å². The molecule has 6 nitrogen and oxygen atoms in total. The lowest BCUT2D eigenvalue weighted by Crippen LogP contribution is -2.48. The van der Waals surface area contributed by atoms with Crippen molar-refractivity contribution in [2.45, 2.75) is 33.2 Å². The maximum absolute atomic E-state index is 12.4. The highest BCUT2D eigenvalue weighted by molar-refractivity contribution is 5.80. The van der Waals surface area contributed by atoms with Crippen LogP contribution in [0.4, 0.5) is 4.79 Å². The molecule has 2 rings (SSSR count). The third-order valence-electron chi connectivity index (χ3n) is 4.13. The molecule has 1 saturated heterocycles. The van der Waals surface area contributed by atoms with Gasteiger partial charge in [0.2, 0.25) is 5.91 Å². The molecular weight excluding hydrogens is 306 g/mol. The van der Waals surface area contributed by atoms with E-state index in [0.717, 1.165) is 24.2 Å². The van der Waals surface area contributed by atoms with Gasteiger partial charge in [-0.05, 0) is 32.8 Å². The third kappa shape index (κ3) is 4.88. The van der Waals surface area contributed by atoms with E-state index in [2.05, 4.69) is 10.6 Å².